The van der Waals surface area contributed by atoms with Crippen LogP contribution in [0.3, 0.4) is 0 Å². The van der Waals surface area contributed by atoms with Crippen molar-refractivity contribution in [3.05, 3.63) is 11.4 Å². The summed E-state index contributed by atoms with van der Waals surface area (Å²) in [6, 6.07) is 0. The van der Waals surface area contributed by atoms with Gasteiger partial charge in [-0.25, -0.2) is 9.97 Å². The number of hydrogen-bond acceptors (Lipinski definition) is 5. The van der Waals surface area contributed by atoms with Crippen molar-refractivity contribution in [2.45, 2.75) is 39.5 Å². The van der Waals surface area contributed by atoms with E-state index >= 15 is 0 Å². The summed E-state index contributed by atoms with van der Waals surface area (Å²) < 4.78 is 5.54. The van der Waals surface area contributed by atoms with Gasteiger partial charge in [-0.15, -0.1) is 0 Å². The molecule has 2 heterocycles. The number of aromatic nitrogens is 2. The van der Waals surface area contributed by atoms with Gasteiger partial charge in [0.2, 0.25) is 0 Å². The van der Waals surface area contributed by atoms with E-state index in [1.54, 1.807) is 0 Å². The highest BCUT2D eigenvalue weighted by atomic mass is 16.5. The first-order valence-electron chi connectivity index (χ1n) is 7.33. The molecule has 1 fully saturated rings. The van der Waals surface area contributed by atoms with Crippen molar-refractivity contribution in [3.63, 3.8) is 0 Å². The molecule has 1 aromatic heterocycles. The molecule has 5 heteroatoms. The number of ether oxygens (including phenoxy) is 1. The molecule has 0 aliphatic carbocycles. The third-order valence-corrected chi connectivity index (χ3v) is 3.55. The molecule has 0 bridgehead atoms. The van der Waals surface area contributed by atoms with E-state index in [2.05, 4.69) is 42.9 Å². The SMILES string of the molecule is CNc1nc(C(C)(C)C)nc(N2CCCOCC2)c1C. The Kier molecular flexibility index (Phi) is 4.48. The first-order chi connectivity index (χ1) is 9.43. The quantitative estimate of drug-likeness (QED) is 0.900. The molecule has 1 aliphatic rings. The van der Waals surface area contributed by atoms with E-state index in [0.717, 1.165) is 55.7 Å². The fourth-order valence-corrected chi connectivity index (χ4v) is 2.35. The Hall–Kier alpha value is -1.36. The van der Waals surface area contributed by atoms with E-state index in [1.807, 2.05) is 7.05 Å². The second-order valence-electron chi connectivity index (χ2n) is 6.30. The van der Waals surface area contributed by atoms with E-state index < -0.39 is 0 Å². The van der Waals surface area contributed by atoms with Gasteiger partial charge in [-0.1, -0.05) is 20.8 Å². The van der Waals surface area contributed by atoms with Crippen LogP contribution in [0.5, 0.6) is 0 Å². The fraction of sp³-hybridized carbons (Fsp3) is 0.733. The Morgan fingerprint density at radius 3 is 2.55 bits per heavy atom. The highest BCUT2D eigenvalue weighted by Gasteiger charge is 2.23. The lowest BCUT2D eigenvalue weighted by Crippen LogP contribution is -2.30. The number of hydrogen-bond donors (Lipinski definition) is 1. The summed E-state index contributed by atoms with van der Waals surface area (Å²) in [5.41, 5.74) is 1.05. The number of nitrogens with zero attached hydrogens (tertiary/aromatic N) is 3. The van der Waals surface area contributed by atoms with Gasteiger partial charge < -0.3 is 15.0 Å². The van der Waals surface area contributed by atoms with Crippen LogP contribution in [0, 0.1) is 6.92 Å². The minimum absolute atomic E-state index is 0.0591. The molecule has 0 saturated carbocycles. The Bertz CT molecular complexity index is 460. The molecule has 0 spiro atoms. The van der Waals surface area contributed by atoms with Crippen molar-refractivity contribution in [2.24, 2.45) is 0 Å². The van der Waals surface area contributed by atoms with Crippen LogP contribution in [0.2, 0.25) is 0 Å². The third kappa shape index (κ3) is 3.20. The summed E-state index contributed by atoms with van der Waals surface area (Å²) in [6.07, 6.45) is 1.04. The highest BCUT2D eigenvalue weighted by molar-refractivity contribution is 5.58. The average Bonchev–Trinajstić information content (AvgIpc) is 2.66. The van der Waals surface area contributed by atoms with Crippen LogP contribution in [0.15, 0.2) is 0 Å². The molecule has 5 nitrogen and oxygen atoms in total. The first-order valence-corrected chi connectivity index (χ1v) is 7.33. The number of rotatable bonds is 2. The van der Waals surface area contributed by atoms with Gasteiger partial charge in [0.15, 0.2) is 0 Å². The molecule has 20 heavy (non-hydrogen) atoms. The maximum absolute atomic E-state index is 5.54. The lowest BCUT2D eigenvalue weighted by molar-refractivity contribution is 0.152. The Balaban J connectivity index is 2.44. The lowest BCUT2D eigenvalue weighted by atomic mass is 9.95. The van der Waals surface area contributed by atoms with E-state index in [1.165, 1.54) is 0 Å². The predicted molar refractivity (Wildman–Crippen MR) is 82.7 cm³/mol. The molecular formula is C15H26N4O. The van der Waals surface area contributed by atoms with Gasteiger partial charge in [0, 0.05) is 37.7 Å². The summed E-state index contributed by atoms with van der Waals surface area (Å²) in [4.78, 5) is 11.8. The van der Waals surface area contributed by atoms with Gasteiger partial charge >= 0.3 is 0 Å². The minimum Gasteiger partial charge on any atom is -0.380 e. The largest absolute Gasteiger partial charge is 0.380 e. The van der Waals surface area contributed by atoms with Crippen LogP contribution in [0.1, 0.15) is 38.6 Å². The van der Waals surface area contributed by atoms with Crippen LogP contribution in [-0.4, -0.2) is 43.3 Å². The normalized spacial score (nSPS) is 16.9. The second kappa shape index (κ2) is 5.95. The summed E-state index contributed by atoms with van der Waals surface area (Å²) in [5, 5.41) is 3.19. The van der Waals surface area contributed by atoms with Crippen molar-refractivity contribution >= 4 is 11.6 Å². The standard InChI is InChI=1S/C15H26N4O/c1-11-12(16-5)17-14(15(2,3)4)18-13(11)19-7-6-9-20-10-8-19/h6-10H2,1-5H3,(H,16,17,18). The zero-order valence-corrected chi connectivity index (χ0v) is 13.3. The summed E-state index contributed by atoms with van der Waals surface area (Å²) in [6.45, 7) is 12.0. The van der Waals surface area contributed by atoms with E-state index in [9.17, 15) is 0 Å². The maximum Gasteiger partial charge on any atom is 0.138 e. The Morgan fingerprint density at radius 1 is 1.15 bits per heavy atom. The molecule has 0 aromatic carbocycles. The van der Waals surface area contributed by atoms with Crippen LogP contribution < -0.4 is 10.2 Å². The summed E-state index contributed by atoms with van der Waals surface area (Å²) in [5.74, 6) is 2.84. The van der Waals surface area contributed by atoms with Gasteiger partial charge in [-0.3, -0.25) is 0 Å². The molecular weight excluding hydrogens is 252 g/mol. The zero-order chi connectivity index (χ0) is 14.8. The van der Waals surface area contributed by atoms with Gasteiger partial charge in [0.1, 0.15) is 17.5 Å². The van der Waals surface area contributed by atoms with E-state index in [4.69, 9.17) is 9.72 Å². The van der Waals surface area contributed by atoms with Crippen LogP contribution >= 0.6 is 0 Å². The Morgan fingerprint density at radius 2 is 1.90 bits per heavy atom. The van der Waals surface area contributed by atoms with Crippen molar-refractivity contribution in [1.29, 1.82) is 0 Å². The average molecular weight is 278 g/mol. The second-order valence-corrected chi connectivity index (χ2v) is 6.30. The van der Waals surface area contributed by atoms with Crippen molar-refractivity contribution in [2.75, 3.05) is 43.6 Å². The monoisotopic (exact) mass is 278 g/mol. The molecule has 1 aliphatic heterocycles. The molecule has 112 valence electrons. The maximum atomic E-state index is 5.54. The van der Waals surface area contributed by atoms with Gasteiger partial charge in [-0.2, -0.15) is 0 Å². The zero-order valence-electron chi connectivity index (χ0n) is 13.3. The summed E-state index contributed by atoms with van der Waals surface area (Å²) >= 11 is 0. The Labute approximate surface area is 121 Å². The number of nitrogens with one attached hydrogen (secondary N) is 1. The van der Waals surface area contributed by atoms with Gasteiger partial charge in [0.05, 0.1) is 6.61 Å². The third-order valence-electron chi connectivity index (χ3n) is 3.55. The lowest BCUT2D eigenvalue weighted by Gasteiger charge is -2.26. The van der Waals surface area contributed by atoms with E-state index in [-0.39, 0.29) is 5.41 Å². The molecule has 1 N–H and O–H groups in total. The fourth-order valence-electron chi connectivity index (χ4n) is 2.35. The molecule has 0 atom stereocenters. The molecule has 1 saturated heterocycles. The summed E-state index contributed by atoms with van der Waals surface area (Å²) in [7, 11) is 1.91. The smallest absolute Gasteiger partial charge is 0.138 e. The molecule has 0 amide bonds. The topological polar surface area (TPSA) is 50.3 Å². The van der Waals surface area contributed by atoms with Crippen LogP contribution in [0.4, 0.5) is 11.6 Å². The first kappa shape index (κ1) is 15.0. The van der Waals surface area contributed by atoms with Crippen molar-refractivity contribution in [1.82, 2.24) is 9.97 Å². The van der Waals surface area contributed by atoms with Crippen molar-refractivity contribution in [3.8, 4) is 0 Å². The number of anilines is 2. The molecule has 1 aromatic rings. The molecule has 0 unspecified atom stereocenters. The predicted octanol–water partition coefficient (Wildman–Crippen LogP) is 2.35. The minimum atomic E-state index is -0.0591. The van der Waals surface area contributed by atoms with Crippen LogP contribution in [-0.2, 0) is 10.2 Å². The molecule has 2 rings (SSSR count). The van der Waals surface area contributed by atoms with E-state index in [0.29, 0.717) is 0 Å². The molecule has 0 radical (unpaired) electrons. The van der Waals surface area contributed by atoms with Gasteiger partial charge in [-0.05, 0) is 13.3 Å². The highest BCUT2D eigenvalue weighted by Crippen LogP contribution is 2.28. The van der Waals surface area contributed by atoms with Crippen molar-refractivity contribution < 1.29 is 4.74 Å². The van der Waals surface area contributed by atoms with Gasteiger partial charge in [0.25, 0.3) is 0 Å². The van der Waals surface area contributed by atoms with Crippen LogP contribution in [0.25, 0.3) is 0 Å².